The van der Waals surface area contributed by atoms with Gasteiger partial charge in [-0.05, 0) is 19.1 Å². The van der Waals surface area contributed by atoms with Crippen molar-refractivity contribution in [1.82, 2.24) is 9.38 Å². The largest absolute Gasteiger partial charge is 0.298 e. The van der Waals surface area contributed by atoms with Gasteiger partial charge in [-0.1, -0.05) is 26.8 Å². The quantitative estimate of drug-likeness (QED) is 0.918. The molecule has 0 radical (unpaired) electrons. The highest BCUT2D eigenvalue weighted by molar-refractivity contribution is 7.92. The lowest BCUT2D eigenvalue weighted by Gasteiger charge is -2.21. The van der Waals surface area contributed by atoms with Crippen LogP contribution >= 0.6 is 0 Å². The van der Waals surface area contributed by atoms with E-state index in [1.54, 1.807) is 0 Å². The van der Waals surface area contributed by atoms with Gasteiger partial charge in [0, 0.05) is 11.1 Å². The van der Waals surface area contributed by atoms with Crippen LogP contribution in [0.4, 0.5) is 5.82 Å². The fraction of sp³-hybridized carbons (Fsp3) is 0.462. The Labute approximate surface area is 113 Å². The van der Waals surface area contributed by atoms with Crippen molar-refractivity contribution in [2.24, 2.45) is 0 Å². The third kappa shape index (κ3) is 2.73. The van der Waals surface area contributed by atoms with Gasteiger partial charge >= 0.3 is 0 Å². The second-order valence-corrected chi connectivity index (χ2v) is 7.51. The van der Waals surface area contributed by atoms with E-state index in [1.165, 1.54) is 0 Å². The summed E-state index contributed by atoms with van der Waals surface area (Å²) in [6.45, 7) is 8.22. The van der Waals surface area contributed by atoms with Crippen LogP contribution in [0.3, 0.4) is 0 Å². The molecule has 0 amide bonds. The van der Waals surface area contributed by atoms with Crippen LogP contribution in [0, 0.1) is 6.92 Å². The Morgan fingerprint density at radius 1 is 1.26 bits per heavy atom. The van der Waals surface area contributed by atoms with Crippen LogP contribution in [0.2, 0.25) is 0 Å². The van der Waals surface area contributed by atoms with E-state index in [0.717, 1.165) is 23.3 Å². The monoisotopic (exact) mass is 281 g/mol. The van der Waals surface area contributed by atoms with Crippen molar-refractivity contribution in [1.29, 1.82) is 0 Å². The summed E-state index contributed by atoms with van der Waals surface area (Å²) in [5, 5.41) is 0. The molecule has 2 rings (SSSR count). The normalized spacial score (nSPS) is 12.9. The van der Waals surface area contributed by atoms with Crippen LogP contribution in [0.1, 0.15) is 32.3 Å². The molecule has 2 aromatic rings. The van der Waals surface area contributed by atoms with Gasteiger partial charge in [0.15, 0.2) is 5.82 Å². The second kappa shape index (κ2) is 4.23. The van der Waals surface area contributed by atoms with Gasteiger partial charge in [-0.25, -0.2) is 13.4 Å². The predicted molar refractivity (Wildman–Crippen MR) is 77.1 cm³/mol. The lowest BCUT2D eigenvalue weighted by molar-refractivity contribution is 0.558. The molecule has 0 saturated carbocycles. The first kappa shape index (κ1) is 13.9. The van der Waals surface area contributed by atoms with E-state index in [4.69, 9.17) is 0 Å². The van der Waals surface area contributed by atoms with Crippen LogP contribution in [-0.2, 0) is 15.4 Å². The Morgan fingerprint density at radius 2 is 1.89 bits per heavy atom. The molecule has 5 nitrogen and oxygen atoms in total. The van der Waals surface area contributed by atoms with E-state index in [-0.39, 0.29) is 5.41 Å². The zero-order chi connectivity index (χ0) is 14.4. The average Bonchev–Trinajstić information content (AvgIpc) is 2.52. The fourth-order valence-electron chi connectivity index (χ4n) is 2.15. The molecule has 6 heteroatoms. The van der Waals surface area contributed by atoms with Gasteiger partial charge in [-0.3, -0.25) is 9.12 Å². The van der Waals surface area contributed by atoms with E-state index in [2.05, 4.69) is 30.5 Å². The summed E-state index contributed by atoms with van der Waals surface area (Å²) in [6.07, 6.45) is 1.13. The number of rotatable bonds is 2. The van der Waals surface area contributed by atoms with Crippen molar-refractivity contribution in [2.75, 3.05) is 11.0 Å². The van der Waals surface area contributed by atoms with Crippen molar-refractivity contribution in [2.45, 2.75) is 33.1 Å². The maximum atomic E-state index is 11.4. The Hall–Kier alpha value is -1.56. The molecule has 104 valence electrons. The number of imidazole rings is 1. The average molecular weight is 281 g/mol. The summed E-state index contributed by atoms with van der Waals surface area (Å²) in [6, 6.07) is 5.82. The van der Waals surface area contributed by atoms with E-state index < -0.39 is 10.0 Å². The van der Waals surface area contributed by atoms with E-state index in [0.29, 0.717) is 5.82 Å². The van der Waals surface area contributed by atoms with E-state index >= 15 is 0 Å². The van der Waals surface area contributed by atoms with Crippen molar-refractivity contribution < 1.29 is 8.42 Å². The minimum absolute atomic E-state index is 0.0483. The van der Waals surface area contributed by atoms with Crippen molar-refractivity contribution in [3.8, 4) is 0 Å². The Balaban J connectivity index is 2.74. The van der Waals surface area contributed by atoms with Crippen molar-refractivity contribution in [3.05, 3.63) is 29.7 Å². The van der Waals surface area contributed by atoms with Crippen LogP contribution < -0.4 is 4.72 Å². The molecule has 2 aromatic heterocycles. The van der Waals surface area contributed by atoms with Gasteiger partial charge in [0.1, 0.15) is 5.82 Å². The molecule has 0 fully saturated rings. The summed E-state index contributed by atoms with van der Waals surface area (Å²) in [5.41, 5.74) is 1.82. The number of sulfonamides is 1. The molecule has 0 aliphatic rings. The van der Waals surface area contributed by atoms with Crippen LogP contribution in [0.15, 0.2) is 18.2 Å². The molecule has 0 unspecified atom stereocenters. The number of nitrogens with zero attached hydrogens (tertiary/aromatic N) is 2. The highest BCUT2D eigenvalue weighted by atomic mass is 32.2. The van der Waals surface area contributed by atoms with E-state index in [1.807, 2.05) is 29.5 Å². The van der Waals surface area contributed by atoms with Gasteiger partial charge in [0.2, 0.25) is 10.0 Å². The summed E-state index contributed by atoms with van der Waals surface area (Å²) >= 11 is 0. The van der Waals surface area contributed by atoms with Crippen molar-refractivity contribution >= 4 is 21.4 Å². The maximum absolute atomic E-state index is 11.4. The predicted octanol–water partition coefficient (Wildman–Crippen LogP) is 2.31. The SMILES string of the molecule is Cc1nc(NS(C)(=O)=O)c2cccc(C(C)(C)C)n12. The Kier molecular flexibility index (Phi) is 3.09. The van der Waals surface area contributed by atoms with Gasteiger partial charge in [0.25, 0.3) is 0 Å². The molecule has 1 N–H and O–H groups in total. The molecular weight excluding hydrogens is 262 g/mol. The van der Waals surface area contributed by atoms with Crippen LogP contribution in [0.5, 0.6) is 0 Å². The first-order chi connectivity index (χ1) is 8.59. The number of hydrogen-bond donors (Lipinski definition) is 1. The van der Waals surface area contributed by atoms with Gasteiger partial charge in [-0.2, -0.15) is 0 Å². The third-order valence-electron chi connectivity index (χ3n) is 2.88. The molecule has 19 heavy (non-hydrogen) atoms. The highest BCUT2D eigenvalue weighted by Gasteiger charge is 2.20. The topological polar surface area (TPSA) is 63.5 Å². The standard InChI is InChI=1S/C13H19N3O2S/c1-9-14-12(15-19(5,17)18)10-7-6-8-11(16(9)10)13(2,3)4/h6-8,15H,1-5H3. The summed E-state index contributed by atoms with van der Waals surface area (Å²) in [7, 11) is -3.33. The molecule has 2 heterocycles. The number of fused-ring (bicyclic) bond motifs is 1. The number of aryl methyl sites for hydroxylation is 1. The molecule has 0 aromatic carbocycles. The molecule has 0 spiro atoms. The highest BCUT2D eigenvalue weighted by Crippen LogP contribution is 2.27. The minimum Gasteiger partial charge on any atom is -0.298 e. The molecule has 0 bridgehead atoms. The first-order valence-corrected chi connectivity index (χ1v) is 7.95. The summed E-state index contributed by atoms with van der Waals surface area (Å²) in [4.78, 5) is 4.32. The lowest BCUT2D eigenvalue weighted by Crippen LogP contribution is -2.16. The molecule has 0 saturated heterocycles. The molecular formula is C13H19N3O2S. The number of nitrogens with one attached hydrogen (secondary N) is 1. The zero-order valence-corrected chi connectivity index (χ0v) is 12.7. The number of hydrogen-bond acceptors (Lipinski definition) is 3. The number of pyridine rings is 1. The smallest absolute Gasteiger partial charge is 0.231 e. The summed E-state index contributed by atoms with van der Waals surface area (Å²) in [5.74, 6) is 1.15. The Morgan fingerprint density at radius 3 is 2.42 bits per heavy atom. The minimum atomic E-state index is -3.33. The van der Waals surface area contributed by atoms with E-state index in [9.17, 15) is 8.42 Å². The number of anilines is 1. The van der Waals surface area contributed by atoms with Gasteiger partial charge in [-0.15, -0.1) is 0 Å². The number of aromatic nitrogens is 2. The van der Waals surface area contributed by atoms with Crippen LogP contribution in [0.25, 0.3) is 5.52 Å². The Bertz CT molecular complexity index is 724. The lowest BCUT2D eigenvalue weighted by atomic mass is 9.91. The molecule has 0 aliphatic heterocycles. The summed E-state index contributed by atoms with van der Waals surface area (Å²) < 4.78 is 27.2. The maximum Gasteiger partial charge on any atom is 0.231 e. The van der Waals surface area contributed by atoms with Gasteiger partial charge in [0.05, 0.1) is 11.8 Å². The second-order valence-electron chi connectivity index (χ2n) is 5.76. The van der Waals surface area contributed by atoms with Gasteiger partial charge < -0.3 is 0 Å². The molecule has 0 atom stereocenters. The van der Waals surface area contributed by atoms with Crippen LogP contribution in [-0.4, -0.2) is 24.1 Å². The molecule has 0 aliphatic carbocycles. The third-order valence-corrected chi connectivity index (χ3v) is 3.44. The van der Waals surface area contributed by atoms with Crippen molar-refractivity contribution in [3.63, 3.8) is 0 Å². The first-order valence-electron chi connectivity index (χ1n) is 6.06. The fourth-order valence-corrected chi connectivity index (χ4v) is 2.65. The zero-order valence-electron chi connectivity index (χ0n) is 11.9.